The normalized spacial score (nSPS) is 24.0. The summed E-state index contributed by atoms with van der Waals surface area (Å²) in [6.07, 6.45) is 3.93. The molecule has 0 saturated carbocycles. The Morgan fingerprint density at radius 1 is 0.424 bits per heavy atom. The highest BCUT2D eigenvalue weighted by Gasteiger charge is 2.48. The van der Waals surface area contributed by atoms with Crippen LogP contribution in [-0.4, -0.2) is 192 Å². The molecule has 9 aromatic rings. The van der Waals surface area contributed by atoms with Crippen LogP contribution in [0.2, 0.25) is 0 Å². The van der Waals surface area contributed by atoms with Gasteiger partial charge in [-0.1, -0.05) is 0 Å². The van der Waals surface area contributed by atoms with Gasteiger partial charge in [0.25, 0.3) is 19.3 Å². The number of hydrogen-bond donors (Lipinski definition) is 3. The molecule has 9 unspecified atom stereocenters. The van der Waals surface area contributed by atoms with E-state index in [-0.39, 0.29) is 74.1 Å². The zero-order valence-electron chi connectivity index (χ0n) is 54.8. The van der Waals surface area contributed by atoms with Crippen LogP contribution in [0.3, 0.4) is 0 Å². The Kier molecular flexibility index (Phi) is 21.2. The maximum atomic E-state index is 15.3. The van der Waals surface area contributed by atoms with Crippen molar-refractivity contribution in [2.75, 3.05) is 72.7 Å². The van der Waals surface area contributed by atoms with Gasteiger partial charge in [0, 0.05) is 93.3 Å². The van der Waals surface area contributed by atoms with Crippen LogP contribution >= 0.6 is 0 Å². The molecular formula is C60H72F9N21O6S3. The van der Waals surface area contributed by atoms with E-state index in [0.717, 1.165) is 18.8 Å². The standard InChI is InChI=1S/3C20H24F3N7O2S/c3*1-12-13(9-27-33(3,31)32)20(2,23)6-7-29(12)18-8-15(25-11-26-18)16-10-24-17-5-4-14(19(21)22)28-30(16)17/h3*4-5,8,10-13,19,27H,6-7,9H2,1-3H3. The van der Waals surface area contributed by atoms with Gasteiger partial charge in [-0.15, -0.1) is 0 Å². The fourth-order valence-corrected chi connectivity index (χ4v) is 14.1. The summed E-state index contributed by atoms with van der Waals surface area (Å²) in [7, 11) is -10.4. The summed E-state index contributed by atoms with van der Waals surface area (Å²) in [5.74, 6) is -0.340. The van der Waals surface area contributed by atoms with Crippen LogP contribution in [0.15, 0.2) is 92.2 Å². The number of imidazole rings is 3. The van der Waals surface area contributed by atoms with Crippen molar-refractivity contribution in [3.8, 4) is 34.2 Å². The molecule has 3 aliphatic heterocycles. The van der Waals surface area contributed by atoms with Gasteiger partial charge in [0.1, 0.15) is 87.6 Å². The minimum absolute atomic E-state index is 0.0466. The average molecular weight is 1450 g/mol. The van der Waals surface area contributed by atoms with Crippen molar-refractivity contribution in [1.82, 2.24) is 87.9 Å². The number of rotatable bonds is 18. The third kappa shape index (κ3) is 16.9. The Bertz CT molecular complexity index is 4260. The van der Waals surface area contributed by atoms with Gasteiger partial charge in [-0.25, -0.2) is 137 Å². The third-order valence-corrected chi connectivity index (χ3v) is 20.3. The first kappa shape index (κ1) is 73.3. The predicted molar refractivity (Wildman–Crippen MR) is 349 cm³/mol. The van der Waals surface area contributed by atoms with E-state index in [2.05, 4.69) is 74.3 Å². The summed E-state index contributed by atoms with van der Waals surface area (Å²) in [4.78, 5) is 44.0. The lowest BCUT2D eigenvalue weighted by Crippen LogP contribution is -2.57. The van der Waals surface area contributed by atoms with Crippen LogP contribution in [0, 0.1) is 17.8 Å². The molecule has 534 valence electrons. The summed E-state index contributed by atoms with van der Waals surface area (Å²) >= 11 is 0. The molecule has 0 bridgehead atoms. The van der Waals surface area contributed by atoms with Crippen LogP contribution in [0.5, 0.6) is 0 Å². The fourth-order valence-electron chi connectivity index (χ4n) is 12.7. The van der Waals surface area contributed by atoms with Crippen molar-refractivity contribution in [3.05, 3.63) is 109 Å². The van der Waals surface area contributed by atoms with Crippen LogP contribution < -0.4 is 28.9 Å². The van der Waals surface area contributed by atoms with Crippen LogP contribution in [0.4, 0.5) is 57.0 Å². The second kappa shape index (κ2) is 28.7. The molecule has 9 atom stereocenters. The molecule has 3 N–H and O–H groups in total. The lowest BCUT2D eigenvalue weighted by atomic mass is 9.79. The number of fused-ring (bicyclic) bond motifs is 3. The molecule has 12 rings (SSSR count). The molecule has 27 nitrogen and oxygen atoms in total. The maximum absolute atomic E-state index is 15.3. The number of aromatic nitrogens is 15. The highest BCUT2D eigenvalue weighted by atomic mass is 32.2. The number of hydrogen-bond acceptors (Lipinski definition) is 21. The predicted octanol–water partition coefficient (Wildman–Crippen LogP) is 7.85. The molecule has 12 heterocycles. The Labute approximate surface area is 563 Å². The van der Waals surface area contributed by atoms with E-state index in [1.807, 2.05) is 35.5 Å². The van der Waals surface area contributed by atoms with Crippen LogP contribution in [-0.2, 0) is 30.1 Å². The summed E-state index contributed by atoms with van der Waals surface area (Å²) < 4.78 is 205. The highest BCUT2D eigenvalue weighted by Crippen LogP contribution is 2.41. The Morgan fingerprint density at radius 2 is 0.677 bits per heavy atom. The van der Waals surface area contributed by atoms with E-state index in [0.29, 0.717) is 88.2 Å². The van der Waals surface area contributed by atoms with E-state index in [9.17, 15) is 51.6 Å². The summed E-state index contributed by atoms with van der Waals surface area (Å²) in [5, 5.41) is 11.9. The van der Waals surface area contributed by atoms with Crippen molar-refractivity contribution in [1.29, 1.82) is 0 Å². The number of nitrogens with zero attached hydrogens (tertiary/aromatic N) is 18. The smallest absolute Gasteiger partial charge is 0.282 e. The molecule has 0 aliphatic carbocycles. The first-order valence-corrected chi connectivity index (χ1v) is 36.6. The Balaban J connectivity index is 0.000000161. The van der Waals surface area contributed by atoms with E-state index in [1.165, 1.54) is 108 Å². The zero-order chi connectivity index (χ0) is 71.9. The number of halogens is 9. The number of anilines is 3. The molecule has 0 amide bonds. The quantitative estimate of drug-likeness (QED) is 0.0688. The number of piperidine rings is 3. The Hall–Kier alpha value is -8.40. The number of nitrogens with one attached hydrogen (secondary N) is 3. The SMILES string of the molecule is CC1C(CNS(C)(=O)=O)C(C)(F)CCN1c1cc(-c2cnc3ccc(C(F)F)nn23)ncn1.CC1C(CNS(C)(=O)=O)C(C)(F)CCN1c1cc(-c2cnc3ccc(C(F)F)nn23)ncn1.CC1C(CNS(C)(=O)=O)C(C)(F)CCN1c1cc(-c2cnc3ccc(C(F)F)nn23)ncn1. The minimum Gasteiger partial charge on any atom is -0.353 e. The number of alkyl halides is 9. The second-order valence-electron chi connectivity index (χ2n) is 25.3. The van der Waals surface area contributed by atoms with Crippen molar-refractivity contribution in [2.24, 2.45) is 17.8 Å². The molecular weight excluding hydrogens is 1380 g/mol. The number of sulfonamides is 3. The van der Waals surface area contributed by atoms with Gasteiger partial charge in [0.05, 0.1) is 54.4 Å². The van der Waals surface area contributed by atoms with Crippen molar-refractivity contribution >= 4 is 64.5 Å². The van der Waals surface area contributed by atoms with Gasteiger partial charge in [-0.3, -0.25) is 0 Å². The average Bonchev–Trinajstić information content (AvgIpc) is 1.52. The Morgan fingerprint density at radius 3 is 0.909 bits per heavy atom. The van der Waals surface area contributed by atoms with Gasteiger partial charge >= 0.3 is 0 Å². The van der Waals surface area contributed by atoms with Gasteiger partial charge < -0.3 is 14.7 Å². The molecule has 3 fully saturated rings. The van der Waals surface area contributed by atoms with Gasteiger partial charge in [-0.2, -0.15) is 15.3 Å². The zero-order valence-corrected chi connectivity index (χ0v) is 57.3. The third-order valence-electron chi connectivity index (χ3n) is 18.2. The molecule has 0 spiro atoms. The van der Waals surface area contributed by atoms with E-state index < -0.39 is 84.1 Å². The molecule has 9 aromatic heterocycles. The van der Waals surface area contributed by atoms with E-state index >= 15 is 13.2 Å². The largest absolute Gasteiger partial charge is 0.353 e. The molecule has 3 saturated heterocycles. The summed E-state index contributed by atoms with van der Waals surface area (Å²) in [6, 6.07) is 11.9. The van der Waals surface area contributed by atoms with Gasteiger partial charge in [0.15, 0.2) is 16.9 Å². The molecule has 39 heteroatoms. The van der Waals surface area contributed by atoms with Crippen LogP contribution in [0.1, 0.15) is 97.2 Å². The van der Waals surface area contributed by atoms with E-state index in [4.69, 9.17) is 0 Å². The van der Waals surface area contributed by atoms with Gasteiger partial charge in [-0.05, 0) is 97.2 Å². The lowest BCUT2D eigenvalue weighted by Gasteiger charge is -2.46. The van der Waals surface area contributed by atoms with Crippen LogP contribution in [0.25, 0.3) is 51.1 Å². The summed E-state index contributed by atoms with van der Waals surface area (Å²) in [6.45, 7) is 10.8. The van der Waals surface area contributed by atoms with Gasteiger partial charge in [0.2, 0.25) is 30.1 Å². The monoisotopic (exact) mass is 1450 g/mol. The summed E-state index contributed by atoms with van der Waals surface area (Å²) in [5.41, 5.74) is -2.22. The van der Waals surface area contributed by atoms with Crippen molar-refractivity contribution in [2.45, 2.75) is 115 Å². The molecule has 0 aromatic carbocycles. The maximum Gasteiger partial charge on any atom is 0.282 e. The lowest BCUT2D eigenvalue weighted by molar-refractivity contribution is 0.0576. The highest BCUT2D eigenvalue weighted by molar-refractivity contribution is 7.89. The topological polar surface area (TPSA) is 316 Å². The minimum atomic E-state index is -3.48. The van der Waals surface area contributed by atoms with Crippen molar-refractivity contribution < 1.29 is 64.8 Å². The first-order valence-electron chi connectivity index (χ1n) is 30.9. The van der Waals surface area contributed by atoms with Crippen molar-refractivity contribution in [3.63, 3.8) is 0 Å². The fraction of sp³-hybridized carbons (Fsp3) is 0.500. The molecule has 0 radical (unpaired) electrons. The molecule has 3 aliphatic rings. The van der Waals surface area contributed by atoms with E-state index in [1.54, 1.807) is 18.2 Å². The molecule has 99 heavy (non-hydrogen) atoms. The second-order valence-corrected chi connectivity index (χ2v) is 30.8. The first-order chi connectivity index (χ1) is 46.4.